The Morgan fingerprint density at radius 3 is 2.12 bits per heavy atom. The van der Waals surface area contributed by atoms with E-state index in [1.807, 2.05) is 0 Å². The van der Waals surface area contributed by atoms with Gasteiger partial charge in [0.1, 0.15) is 0 Å². The van der Waals surface area contributed by atoms with Crippen molar-refractivity contribution >= 4 is 17.7 Å². The summed E-state index contributed by atoms with van der Waals surface area (Å²) < 4.78 is 0.187. The Balaban J connectivity index is 1.72. The molecule has 0 unspecified atom stereocenters. The fourth-order valence-electron chi connectivity index (χ4n) is 2.04. The van der Waals surface area contributed by atoms with E-state index < -0.39 is 0 Å². The van der Waals surface area contributed by atoms with E-state index in [-0.39, 0.29) is 10.7 Å². The van der Waals surface area contributed by atoms with Gasteiger partial charge in [-0.1, -0.05) is 20.8 Å². The monoisotopic (exact) mass is 241 g/mol. The molecule has 0 aliphatic heterocycles. The summed E-state index contributed by atoms with van der Waals surface area (Å²) in [5, 5.41) is 3.25. The number of rotatable bonds is 5. The number of hydrogen-bond donors (Lipinski definition) is 1. The van der Waals surface area contributed by atoms with Gasteiger partial charge in [-0.05, 0) is 37.5 Å². The van der Waals surface area contributed by atoms with Crippen LogP contribution in [-0.4, -0.2) is 22.4 Å². The van der Waals surface area contributed by atoms with E-state index in [0.717, 1.165) is 11.8 Å². The van der Waals surface area contributed by atoms with Crippen molar-refractivity contribution in [2.75, 3.05) is 5.75 Å². The van der Waals surface area contributed by atoms with Crippen molar-refractivity contribution in [2.24, 2.45) is 11.8 Å². The molecule has 16 heavy (non-hydrogen) atoms. The van der Waals surface area contributed by atoms with Gasteiger partial charge in [-0.3, -0.25) is 4.79 Å². The van der Waals surface area contributed by atoms with E-state index in [2.05, 4.69) is 26.1 Å². The highest BCUT2D eigenvalue weighted by molar-refractivity contribution is 8.01. The predicted molar refractivity (Wildman–Crippen MR) is 69.6 cm³/mol. The van der Waals surface area contributed by atoms with Gasteiger partial charge in [0, 0.05) is 10.8 Å². The molecule has 1 amide bonds. The third kappa shape index (κ3) is 4.00. The van der Waals surface area contributed by atoms with E-state index in [4.69, 9.17) is 0 Å². The third-order valence-electron chi connectivity index (χ3n) is 3.22. The molecule has 2 aliphatic carbocycles. The Hall–Kier alpha value is -0.180. The second-order valence-corrected chi connectivity index (χ2v) is 7.97. The molecule has 0 atom stereocenters. The molecule has 0 radical (unpaired) electrons. The smallest absolute Gasteiger partial charge is 0.230 e. The van der Waals surface area contributed by atoms with E-state index >= 15 is 0 Å². The van der Waals surface area contributed by atoms with Crippen LogP contribution in [-0.2, 0) is 4.79 Å². The van der Waals surface area contributed by atoms with Gasteiger partial charge in [-0.25, -0.2) is 0 Å². The second-order valence-electron chi connectivity index (χ2n) is 6.17. The van der Waals surface area contributed by atoms with Crippen molar-refractivity contribution < 1.29 is 4.79 Å². The first-order chi connectivity index (χ1) is 7.46. The van der Waals surface area contributed by atoms with E-state index in [9.17, 15) is 4.79 Å². The standard InChI is InChI=1S/C13H23NOS/c1-13(2,3)16-8-11(15)14-12(9-4-5-9)10-6-7-10/h9-10,12H,4-8H2,1-3H3,(H,14,15). The first kappa shape index (κ1) is 12.3. The molecule has 2 fully saturated rings. The van der Waals surface area contributed by atoms with Crippen LogP contribution in [0.1, 0.15) is 46.5 Å². The van der Waals surface area contributed by atoms with E-state index in [0.29, 0.717) is 11.8 Å². The Morgan fingerprint density at radius 2 is 1.75 bits per heavy atom. The molecular weight excluding hydrogens is 218 g/mol. The fourth-order valence-corrected chi connectivity index (χ4v) is 2.69. The summed E-state index contributed by atoms with van der Waals surface area (Å²) in [5.74, 6) is 2.45. The van der Waals surface area contributed by atoms with Crippen molar-refractivity contribution in [3.63, 3.8) is 0 Å². The summed E-state index contributed by atoms with van der Waals surface area (Å²) in [5.41, 5.74) is 0. The van der Waals surface area contributed by atoms with E-state index in [1.165, 1.54) is 25.7 Å². The summed E-state index contributed by atoms with van der Waals surface area (Å²) in [7, 11) is 0. The third-order valence-corrected chi connectivity index (χ3v) is 4.50. The Kier molecular flexibility index (Phi) is 3.53. The lowest BCUT2D eigenvalue weighted by molar-refractivity contribution is -0.119. The largest absolute Gasteiger partial charge is 0.352 e. The maximum absolute atomic E-state index is 11.8. The van der Waals surface area contributed by atoms with Crippen molar-refractivity contribution in [3.05, 3.63) is 0 Å². The first-order valence-corrected chi connectivity index (χ1v) is 7.37. The quantitative estimate of drug-likeness (QED) is 0.802. The van der Waals surface area contributed by atoms with Crippen molar-refractivity contribution in [1.29, 1.82) is 0 Å². The molecule has 1 N–H and O–H groups in total. The highest BCUT2D eigenvalue weighted by Crippen LogP contribution is 2.44. The highest BCUT2D eigenvalue weighted by Gasteiger charge is 2.42. The van der Waals surface area contributed by atoms with Crippen LogP contribution in [0, 0.1) is 11.8 Å². The van der Waals surface area contributed by atoms with Gasteiger partial charge >= 0.3 is 0 Å². The average Bonchev–Trinajstić information content (AvgIpc) is 3.00. The number of hydrogen-bond acceptors (Lipinski definition) is 2. The maximum atomic E-state index is 11.8. The molecular formula is C13H23NOS. The minimum Gasteiger partial charge on any atom is -0.352 e. The lowest BCUT2D eigenvalue weighted by Crippen LogP contribution is -2.39. The Morgan fingerprint density at radius 1 is 1.25 bits per heavy atom. The summed E-state index contributed by atoms with van der Waals surface area (Å²) in [6.07, 6.45) is 5.31. The summed E-state index contributed by atoms with van der Waals surface area (Å²) in [6, 6.07) is 0.507. The number of thioether (sulfide) groups is 1. The molecule has 2 saturated carbocycles. The maximum Gasteiger partial charge on any atom is 0.230 e. The van der Waals surface area contributed by atoms with Gasteiger partial charge in [-0.2, -0.15) is 0 Å². The zero-order valence-electron chi connectivity index (χ0n) is 10.6. The Bertz CT molecular complexity index is 252. The van der Waals surface area contributed by atoms with Crippen molar-refractivity contribution in [2.45, 2.75) is 57.2 Å². The van der Waals surface area contributed by atoms with Crippen LogP contribution in [0.5, 0.6) is 0 Å². The molecule has 0 saturated heterocycles. The molecule has 2 aliphatic rings. The number of nitrogens with one attached hydrogen (secondary N) is 1. The molecule has 0 heterocycles. The van der Waals surface area contributed by atoms with Crippen LogP contribution < -0.4 is 5.32 Å². The minimum atomic E-state index is 0.187. The fraction of sp³-hybridized carbons (Fsp3) is 0.923. The zero-order chi connectivity index (χ0) is 11.8. The van der Waals surface area contributed by atoms with Crippen LogP contribution in [0.2, 0.25) is 0 Å². The predicted octanol–water partition coefficient (Wildman–Crippen LogP) is 2.82. The molecule has 3 heteroatoms. The number of amides is 1. The Labute approximate surface area is 103 Å². The number of carbonyl (C=O) groups is 1. The van der Waals surface area contributed by atoms with Gasteiger partial charge in [0.15, 0.2) is 0 Å². The SMILES string of the molecule is CC(C)(C)SCC(=O)NC(C1CC1)C1CC1. The molecule has 0 aromatic heterocycles. The lowest BCUT2D eigenvalue weighted by Gasteiger charge is -2.20. The summed E-state index contributed by atoms with van der Waals surface area (Å²) in [6.45, 7) is 6.47. The lowest BCUT2D eigenvalue weighted by atomic mass is 10.1. The van der Waals surface area contributed by atoms with Crippen LogP contribution in [0.3, 0.4) is 0 Å². The van der Waals surface area contributed by atoms with Gasteiger partial charge in [0.25, 0.3) is 0 Å². The van der Waals surface area contributed by atoms with Crippen LogP contribution in [0.25, 0.3) is 0 Å². The molecule has 0 aromatic rings. The van der Waals surface area contributed by atoms with Gasteiger partial charge in [-0.15, -0.1) is 11.8 Å². The van der Waals surface area contributed by atoms with Crippen molar-refractivity contribution in [1.82, 2.24) is 5.32 Å². The highest BCUT2D eigenvalue weighted by atomic mass is 32.2. The van der Waals surface area contributed by atoms with E-state index in [1.54, 1.807) is 11.8 Å². The summed E-state index contributed by atoms with van der Waals surface area (Å²) in [4.78, 5) is 11.8. The van der Waals surface area contributed by atoms with Gasteiger partial charge in [0.2, 0.25) is 5.91 Å². The molecule has 0 bridgehead atoms. The molecule has 92 valence electrons. The van der Waals surface area contributed by atoms with Crippen molar-refractivity contribution in [3.8, 4) is 0 Å². The topological polar surface area (TPSA) is 29.1 Å². The summed E-state index contributed by atoms with van der Waals surface area (Å²) >= 11 is 1.74. The van der Waals surface area contributed by atoms with Crippen LogP contribution in [0.15, 0.2) is 0 Å². The zero-order valence-corrected chi connectivity index (χ0v) is 11.4. The first-order valence-electron chi connectivity index (χ1n) is 6.39. The van der Waals surface area contributed by atoms with Gasteiger partial charge in [0.05, 0.1) is 5.75 Å². The second kappa shape index (κ2) is 4.59. The van der Waals surface area contributed by atoms with Crippen LogP contribution >= 0.6 is 11.8 Å². The molecule has 0 spiro atoms. The van der Waals surface area contributed by atoms with Crippen LogP contribution in [0.4, 0.5) is 0 Å². The molecule has 2 nitrogen and oxygen atoms in total. The molecule has 0 aromatic carbocycles. The normalized spacial score (nSPS) is 21.2. The average molecular weight is 241 g/mol. The molecule has 2 rings (SSSR count). The van der Waals surface area contributed by atoms with Gasteiger partial charge < -0.3 is 5.32 Å². The number of carbonyl (C=O) groups excluding carboxylic acids is 1. The minimum absolute atomic E-state index is 0.187.